The number of hydrogen-bond acceptors (Lipinski definition) is 3. The number of benzene rings is 2. The van der Waals surface area contributed by atoms with Crippen molar-refractivity contribution in [3.05, 3.63) is 64.7 Å². The van der Waals surface area contributed by atoms with Crippen LogP contribution in [0.2, 0.25) is 5.02 Å². The Kier molecular flexibility index (Phi) is 6.02. The third kappa shape index (κ3) is 4.98. The Labute approximate surface area is 141 Å². The Balaban J connectivity index is 1.87. The SMILES string of the molecule is CN(C)c1ccc([C@@H](O)CNC(=O)Cc2ccccc2Cl)cc1. The van der Waals surface area contributed by atoms with E-state index in [9.17, 15) is 9.90 Å². The molecule has 1 atom stereocenters. The summed E-state index contributed by atoms with van der Waals surface area (Å²) in [7, 11) is 3.92. The fourth-order valence-corrected chi connectivity index (χ4v) is 2.40. The number of rotatable bonds is 6. The topological polar surface area (TPSA) is 52.6 Å². The zero-order valence-electron chi connectivity index (χ0n) is 13.3. The highest BCUT2D eigenvalue weighted by Gasteiger charge is 2.11. The van der Waals surface area contributed by atoms with Crippen LogP contribution in [-0.2, 0) is 11.2 Å². The Bertz CT molecular complexity index is 656. The summed E-state index contributed by atoms with van der Waals surface area (Å²) in [6.07, 6.45) is -0.534. The van der Waals surface area contributed by atoms with E-state index in [0.717, 1.165) is 16.8 Å². The first kappa shape index (κ1) is 17.3. The molecule has 23 heavy (non-hydrogen) atoms. The summed E-state index contributed by atoms with van der Waals surface area (Å²) < 4.78 is 0. The van der Waals surface area contributed by atoms with Crippen LogP contribution in [0.15, 0.2) is 48.5 Å². The molecule has 1 amide bonds. The second kappa shape index (κ2) is 7.99. The van der Waals surface area contributed by atoms with Gasteiger partial charge in [-0.3, -0.25) is 4.79 Å². The van der Waals surface area contributed by atoms with Crippen molar-refractivity contribution >= 4 is 23.2 Å². The van der Waals surface area contributed by atoms with Gasteiger partial charge in [-0.1, -0.05) is 41.9 Å². The van der Waals surface area contributed by atoms with E-state index in [1.807, 2.05) is 61.5 Å². The van der Waals surface area contributed by atoms with Gasteiger partial charge in [-0.2, -0.15) is 0 Å². The van der Waals surface area contributed by atoms with Gasteiger partial charge in [-0.25, -0.2) is 0 Å². The van der Waals surface area contributed by atoms with Crippen molar-refractivity contribution < 1.29 is 9.90 Å². The Hall–Kier alpha value is -2.04. The average molecular weight is 333 g/mol. The number of carbonyl (C=O) groups excluding carboxylic acids is 1. The molecule has 0 aliphatic rings. The molecule has 2 N–H and O–H groups in total. The highest BCUT2D eigenvalue weighted by Crippen LogP contribution is 2.18. The van der Waals surface area contributed by atoms with E-state index < -0.39 is 6.10 Å². The second-order valence-electron chi connectivity index (χ2n) is 5.57. The van der Waals surface area contributed by atoms with Crippen molar-refractivity contribution in [2.45, 2.75) is 12.5 Å². The molecule has 0 saturated heterocycles. The summed E-state index contributed by atoms with van der Waals surface area (Å²) in [6, 6.07) is 14.8. The Morgan fingerprint density at radius 3 is 2.43 bits per heavy atom. The normalized spacial score (nSPS) is 11.8. The number of halogens is 1. The van der Waals surface area contributed by atoms with Gasteiger partial charge in [-0.15, -0.1) is 0 Å². The zero-order valence-corrected chi connectivity index (χ0v) is 14.0. The monoisotopic (exact) mass is 332 g/mol. The predicted octanol–water partition coefficient (Wildman–Crippen LogP) is 2.80. The lowest BCUT2D eigenvalue weighted by Crippen LogP contribution is -2.29. The van der Waals surface area contributed by atoms with Gasteiger partial charge in [0.25, 0.3) is 0 Å². The number of anilines is 1. The largest absolute Gasteiger partial charge is 0.387 e. The van der Waals surface area contributed by atoms with Crippen molar-refractivity contribution in [3.63, 3.8) is 0 Å². The quantitative estimate of drug-likeness (QED) is 0.855. The molecule has 0 bridgehead atoms. The standard InChI is InChI=1S/C18H21ClN2O2/c1-21(2)15-9-7-13(8-10-15)17(22)12-20-18(23)11-14-5-3-4-6-16(14)19/h3-10,17,22H,11-12H2,1-2H3,(H,20,23)/t17-/m0/s1. The third-order valence-corrected chi connectivity index (χ3v) is 3.96. The number of amides is 1. The Morgan fingerprint density at radius 2 is 1.83 bits per heavy atom. The van der Waals surface area contributed by atoms with Crippen LogP contribution in [0.1, 0.15) is 17.2 Å². The van der Waals surface area contributed by atoms with Gasteiger partial charge in [0.1, 0.15) is 0 Å². The summed E-state index contributed by atoms with van der Waals surface area (Å²) in [5, 5.41) is 13.5. The second-order valence-corrected chi connectivity index (χ2v) is 5.98. The minimum atomic E-state index is -0.735. The van der Waals surface area contributed by atoms with Crippen LogP contribution in [0, 0.1) is 0 Å². The van der Waals surface area contributed by atoms with Gasteiger partial charge in [0.05, 0.1) is 12.5 Å². The molecule has 5 heteroatoms. The number of aliphatic hydroxyl groups excluding tert-OH is 1. The minimum Gasteiger partial charge on any atom is -0.387 e. The van der Waals surface area contributed by atoms with E-state index in [2.05, 4.69) is 5.32 Å². The molecule has 2 aromatic carbocycles. The van der Waals surface area contributed by atoms with Crippen LogP contribution >= 0.6 is 11.6 Å². The Morgan fingerprint density at radius 1 is 1.17 bits per heavy atom. The van der Waals surface area contributed by atoms with Crippen molar-refractivity contribution in [1.29, 1.82) is 0 Å². The summed E-state index contributed by atoms with van der Waals surface area (Å²) >= 11 is 6.03. The minimum absolute atomic E-state index is 0.165. The fourth-order valence-electron chi connectivity index (χ4n) is 2.20. The first-order valence-corrected chi connectivity index (χ1v) is 7.80. The molecule has 0 unspecified atom stereocenters. The zero-order chi connectivity index (χ0) is 16.8. The molecule has 0 aliphatic heterocycles. The van der Waals surface area contributed by atoms with Crippen LogP contribution in [0.5, 0.6) is 0 Å². The van der Waals surface area contributed by atoms with Gasteiger partial charge < -0.3 is 15.3 Å². The van der Waals surface area contributed by atoms with E-state index in [-0.39, 0.29) is 18.9 Å². The van der Waals surface area contributed by atoms with Crippen LogP contribution < -0.4 is 10.2 Å². The smallest absolute Gasteiger partial charge is 0.224 e. The van der Waals surface area contributed by atoms with E-state index >= 15 is 0 Å². The highest BCUT2D eigenvalue weighted by molar-refractivity contribution is 6.31. The fraction of sp³-hybridized carbons (Fsp3) is 0.278. The lowest BCUT2D eigenvalue weighted by Gasteiger charge is -2.16. The number of hydrogen-bond donors (Lipinski definition) is 2. The number of nitrogens with zero attached hydrogens (tertiary/aromatic N) is 1. The molecular formula is C18H21ClN2O2. The van der Waals surface area contributed by atoms with Gasteiger partial charge in [-0.05, 0) is 29.3 Å². The van der Waals surface area contributed by atoms with Gasteiger partial charge in [0.2, 0.25) is 5.91 Å². The number of carbonyl (C=O) groups is 1. The predicted molar refractivity (Wildman–Crippen MR) is 93.9 cm³/mol. The molecule has 0 aliphatic carbocycles. The maximum Gasteiger partial charge on any atom is 0.224 e. The van der Waals surface area contributed by atoms with Crippen molar-refractivity contribution in [2.24, 2.45) is 0 Å². The average Bonchev–Trinajstić information content (AvgIpc) is 2.55. The van der Waals surface area contributed by atoms with E-state index in [4.69, 9.17) is 11.6 Å². The summed E-state index contributed by atoms with van der Waals surface area (Å²) in [5.41, 5.74) is 2.61. The molecule has 0 radical (unpaired) electrons. The van der Waals surface area contributed by atoms with Crippen LogP contribution in [0.4, 0.5) is 5.69 Å². The molecule has 0 saturated carbocycles. The molecular weight excluding hydrogens is 312 g/mol. The van der Waals surface area contributed by atoms with Crippen molar-refractivity contribution in [2.75, 3.05) is 25.5 Å². The third-order valence-electron chi connectivity index (χ3n) is 3.60. The number of aliphatic hydroxyl groups is 1. The molecule has 4 nitrogen and oxygen atoms in total. The lowest BCUT2D eigenvalue weighted by molar-refractivity contribution is -0.120. The van der Waals surface area contributed by atoms with Gasteiger partial charge in [0.15, 0.2) is 0 Å². The molecule has 2 aromatic rings. The van der Waals surface area contributed by atoms with Crippen LogP contribution in [0.25, 0.3) is 0 Å². The maximum atomic E-state index is 12.0. The molecule has 0 heterocycles. The lowest BCUT2D eigenvalue weighted by atomic mass is 10.1. The maximum absolute atomic E-state index is 12.0. The molecule has 122 valence electrons. The summed E-state index contributed by atoms with van der Waals surface area (Å²) in [5.74, 6) is -0.165. The van der Waals surface area contributed by atoms with E-state index in [0.29, 0.717) is 5.02 Å². The van der Waals surface area contributed by atoms with E-state index in [1.165, 1.54) is 0 Å². The van der Waals surface area contributed by atoms with Gasteiger partial charge >= 0.3 is 0 Å². The van der Waals surface area contributed by atoms with Crippen molar-refractivity contribution in [3.8, 4) is 0 Å². The molecule has 0 fully saturated rings. The number of nitrogens with one attached hydrogen (secondary N) is 1. The van der Waals surface area contributed by atoms with Crippen LogP contribution in [-0.4, -0.2) is 31.7 Å². The summed E-state index contributed by atoms with van der Waals surface area (Å²) in [6.45, 7) is 0.171. The van der Waals surface area contributed by atoms with Crippen LogP contribution in [0.3, 0.4) is 0 Å². The summed E-state index contributed by atoms with van der Waals surface area (Å²) in [4.78, 5) is 13.9. The highest BCUT2D eigenvalue weighted by atomic mass is 35.5. The first-order chi connectivity index (χ1) is 11.0. The van der Waals surface area contributed by atoms with E-state index in [1.54, 1.807) is 6.07 Å². The molecule has 2 rings (SSSR count). The first-order valence-electron chi connectivity index (χ1n) is 7.43. The van der Waals surface area contributed by atoms with Gasteiger partial charge in [0, 0.05) is 31.4 Å². The molecule has 0 aromatic heterocycles. The molecule has 0 spiro atoms. The van der Waals surface area contributed by atoms with Crippen molar-refractivity contribution in [1.82, 2.24) is 5.32 Å².